The monoisotopic (exact) mass is 336 g/mol. The van der Waals surface area contributed by atoms with Gasteiger partial charge in [-0.05, 0) is 11.6 Å². The highest BCUT2D eigenvalue weighted by Gasteiger charge is 2.13. The lowest BCUT2D eigenvalue weighted by Crippen LogP contribution is -2.38. The maximum absolute atomic E-state index is 12.5. The summed E-state index contributed by atoms with van der Waals surface area (Å²) in [5, 5.41) is 2.54. The second-order valence-electron chi connectivity index (χ2n) is 5.58. The van der Waals surface area contributed by atoms with E-state index < -0.39 is 17.2 Å². The molecule has 0 spiro atoms. The van der Waals surface area contributed by atoms with Crippen molar-refractivity contribution in [2.24, 2.45) is 14.1 Å². The molecular formula is C18H16N4O3. The SMILES string of the molecule is Cn1cc(NC(=O)c2cncc(-c3ccccc3)c2)c(=O)n(C)c1=O. The molecule has 2 heterocycles. The summed E-state index contributed by atoms with van der Waals surface area (Å²) in [6, 6.07) is 11.2. The third-order valence-electron chi connectivity index (χ3n) is 3.80. The van der Waals surface area contributed by atoms with E-state index in [1.807, 2.05) is 30.3 Å². The van der Waals surface area contributed by atoms with Crippen LogP contribution in [0.2, 0.25) is 0 Å². The Labute approximate surface area is 143 Å². The van der Waals surface area contributed by atoms with Crippen LogP contribution in [0.3, 0.4) is 0 Å². The van der Waals surface area contributed by atoms with Crippen molar-refractivity contribution >= 4 is 11.6 Å². The summed E-state index contributed by atoms with van der Waals surface area (Å²) < 4.78 is 2.17. The lowest BCUT2D eigenvalue weighted by molar-refractivity contribution is 0.102. The van der Waals surface area contributed by atoms with Crippen LogP contribution in [0.4, 0.5) is 5.69 Å². The summed E-state index contributed by atoms with van der Waals surface area (Å²) >= 11 is 0. The molecule has 0 aliphatic rings. The van der Waals surface area contributed by atoms with Crippen LogP contribution in [0.25, 0.3) is 11.1 Å². The number of rotatable bonds is 3. The Morgan fingerprint density at radius 3 is 2.48 bits per heavy atom. The van der Waals surface area contributed by atoms with Crippen molar-refractivity contribution in [1.82, 2.24) is 14.1 Å². The third kappa shape index (κ3) is 3.25. The van der Waals surface area contributed by atoms with Gasteiger partial charge in [-0.15, -0.1) is 0 Å². The topological polar surface area (TPSA) is 86.0 Å². The summed E-state index contributed by atoms with van der Waals surface area (Å²) in [6.07, 6.45) is 4.39. The van der Waals surface area contributed by atoms with E-state index in [0.717, 1.165) is 15.7 Å². The van der Waals surface area contributed by atoms with Crippen molar-refractivity contribution in [3.8, 4) is 11.1 Å². The number of amides is 1. The van der Waals surface area contributed by atoms with Gasteiger partial charge in [0.05, 0.1) is 5.56 Å². The summed E-state index contributed by atoms with van der Waals surface area (Å²) in [5.41, 5.74) is 1.04. The molecule has 1 amide bonds. The minimum Gasteiger partial charge on any atom is -0.316 e. The summed E-state index contributed by atoms with van der Waals surface area (Å²) in [6.45, 7) is 0. The van der Waals surface area contributed by atoms with E-state index in [1.165, 1.54) is 31.1 Å². The molecule has 2 aromatic heterocycles. The molecule has 0 aliphatic carbocycles. The molecule has 0 saturated carbocycles. The van der Waals surface area contributed by atoms with Gasteiger partial charge in [0.15, 0.2) is 0 Å². The normalized spacial score (nSPS) is 10.5. The molecule has 0 atom stereocenters. The minimum absolute atomic E-state index is 0.0275. The Morgan fingerprint density at radius 2 is 1.76 bits per heavy atom. The first-order valence-electron chi connectivity index (χ1n) is 7.56. The number of hydrogen-bond acceptors (Lipinski definition) is 4. The van der Waals surface area contributed by atoms with Gasteiger partial charge in [-0.25, -0.2) is 4.79 Å². The highest BCUT2D eigenvalue weighted by atomic mass is 16.2. The van der Waals surface area contributed by atoms with Crippen molar-refractivity contribution in [3.63, 3.8) is 0 Å². The Kier molecular flexibility index (Phi) is 4.30. The lowest BCUT2D eigenvalue weighted by atomic mass is 10.1. The fourth-order valence-corrected chi connectivity index (χ4v) is 2.44. The molecule has 0 saturated heterocycles. The number of aryl methyl sites for hydroxylation is 1. The van der Waals surface area contributed by atoms with Crippen LogP contribution in [0.15, 0.2) is 64.6 Å². The van der Waals surface area contributed by atoms with Crippen LogP contribution in [0.1, 0.15) is 10.4 Å². The number of benzene rings is 1. The van der Waals surface area contributed by atoms with Gasteiger partial charge in [-0.3, -0.25) is 19.1 Å². The van der Waals surface area contributed by atoms with Crippen molar-refractivity contribution < 1.29 is 4.79 Å². The zero-order valence-corrected chi connectivity index (χ0v) is 13.8. The Morgan fingerprint density at radius 1 is 1.04 bits per heavy atom. The van der Waals surface area contributed by atoms with Gasteiger partial charge in [-0.2, -0.15) is 0 Å². The Bertz CT molecular complexity index is 1050. The number of hydrogen-bond donors (Lipinski definition) is 1. The molecule has 7 heteroatoms. The molecule has 0 unspecified atom stereocenters. The summed E-state index contributed by atoms with van der Waals surface area (Å²) in [4.78, 5) is 40.4. The maximum atomic E-state index is 12.5. The summed E-state index contributed by atoms with van der Waals surface area (Å²) in [5.74, 6) is -0.471. The number of pyridine rings is 1. The van der Waals surface area contributed by atoms with Crippen LogP contribution in [0, 0.1) is 0 Å². The average Bonchev–Trinajstić information content (AvgIpc) is 2.65. The molecule has 7 nitrogen and oxygen atoms in total. The Hall–Kier alpha value is -3.48. The summed E-state index contributed by atoms with van der Waals surface area (Å²) in [7, 11) is 2.87. The minimum atomic E-state index is -0.566. The molecule has 25 heavy (non-hydrogen) atoms. The second-order valence-corrected chi connectivity index (χ2v) is 5.58. The predicted molar refractivity (Wildman–Crippen MR) is 94.6 cm³/mol. The molecule has 0 fully saturated rings. The van der Waals surface area contributed by atoms with Gasteiger partial charge in [0.25, 0.3) is 11.5 Å². The second kappa shape index (κ2) is 6.56. The van der Waals surface area contributed by atoms with E-state index in [-0.39, 0.29) is 5.69 Å². The fourth-order valence-electron chi connectivity index (χ4n) is 2.44. The zero-order valence-electron chi connectivity index (χ0n) is 13.8. The van der Waals surface area contributed by atoms with E-state index in [1.54, 1.807) is 12.3 Å². The van der Waals surface area contributed by atoms with Crippen LogP contribution in [0.5, 0.6) is 0 Å². The molecule has 0 aliphatic heterocycles. The average molecular weight is 336 g/mol. The quantitative estimate of drug-likeness (QED) is 0.783. The molecular weight excluding hydrogens is 320 g/mol. The molecule has 1 N–H and O–H groups in total. The standard InChI is InChI=1S/C18H16N4O3/c1-21-11-15(17(24)22(2)18(21)25)20-16(23)14-8-13(9-19-10-14)12-6-4-3-5-7-12/h3-11H,1-2H3,(H,20,23). The van der Waals surface area contributed by atoms with Crippen molar-refractivity contribution in [3.05, 3.63) is 81.4 Å². The van der Waals surface area contributed by atoms with Crippen LogP contribution in [-0.4, -0.2) is 20.0 Å². The van der Waals surface area contributed by atoms with E-state index in [9.17, 15) is 14.4 Å². The number of nitrogens with one attached hydrogen (secondary N) is 1. The number of carbonyl (C=O) groups is 1. The molecule has 0 bridgehead atoms. The molecule has 0 radical (unpaired) electrons. The van der Waals surface area contributed by atoms with Crippen molar-refractivity contribution in [2.45, 2.75) is 0 Å². The van der Waals surface area contributed by atoms with Gasteiger partial charge in [0.1, 0.15) is 5.69 Å². The van der Waals surface area contributed by atoms with E-state index in [0.29, 0.717) is 5.56 Å². The highest BCUT2D eigenvalue weighted by molar-refractivity contribution is 6.04. The first-order valence-corrected chi connectivity index (χ1v) is 7.56. The van der Waals surface area contributed by atoms with Gasteiger partial charge in [0, 0.05) is 38.2 Å². The smallest absolute Gasteiger partial charge is 0.316 e. The first-order chi connectivity index (χ1) is 12.0. The molecule has 126 valence electrons. The van der Waals surface area contributed by atoms with Gasteiger partial charge < -0.3 is 9.88 Å². The highest BCUT2D eigenvalue weighted by Crippen LogP contribution is 2.19. The van der Waals surface area contributed by atoms with Crippen LogP contribution >= 0.6 is 0 Å². The first kappa shape index (κ1) is 16.4. The van der Waals surface area contributed by atoms with Gasteiger partial charge in [0.2, 0.25) is 0 Å². The zero-order chi connectivity index (χ0) is 18.0. The number of carbonyl (C=O) groups excluding carboxylic acids is 1. The van der Waals surface area contributed by atoms with E-state index >= 15 is 0 Å². The molecule has 3 aromatic rings. The van der Waals surface area contributed by atoms with Crippen LogP contribution < -0.4 is 16.6 Å². The van der Waals surface area contributed by atoms with Gasteiger partial charge in [-0.1, -0.05) is 30.3 Å². The number of nitrogens with zero attached hydrogens (tertiary/aromatic N) is 3. The molecule has 3 rings (SSSR count). The van der Waals surface area contributed by atoms with Gasteiger partial charge >= 0.3 is 5.69 Å². The largest absolute Gasteiger partial charge is 0.330 e. The Balaban J connectivity index is 1.93. The fraction of sp³-hybridized carbons (Fsp3) is 0.111. The van der Waals surface area contributed by atoms with Crippen molar-refractivity contribution in [2.75, 3.05) is 5.32 Å². The van der Waals surface area contributed by atoms with Crippen LogP contribution in [-0.2, 0) is 14.1 Å². The predicted octanol–water partition coefficient (Wildman–Crippen LogP) is 1.40. The van der Waals surface area contributed by atoms with Crippen molar-refractivity contribution in [1.29, 1.82) is 0 Å². The maximum Gasteiger partial charge on any atom is 0.330 e. The van der Waals surface area contributed by atoms with E-state index in [2.05, 4.69) is 10.3 Å². The number of aromatic nitrogens is 3. The van der Waals surface area contributed by atoms with E-state index in [4.69, 9.17) is 0 Å². The molecule has 1 aromatic carbocycles. The lowest BCUT2D eigenvalue weighted by Gasteiger charge is -2.09. The number of anilines is 1. The third-order valence-corrected chi connectivity index (χ3v) is 3.80.